The van der Waals surface area contributed by atoms with Crippen molar-refractivity contribution in [3.63, 3.8) is 0 Å². The molecule has 0 spiro atoms. The molecule has 2 aromatic rings. The second-order valence-corrected chi connectivity index (χ2v) is 8.44. The molecule has 0 N–H and O–H groups in total. The maximum absolute atomic E-state index is 13.0. The van der Waals surface area contributed by atoms with Crippen molar-refractivity contribution in [3.8, 4) is 5.75 Å². The van der Waals surface area contributed by atoms with E-state index in [4.69, 9.17) is 4.74 Å². The summed E-state index contributed by atoms with van der Waals surface area (Å²) in [5, 5.41) is 0. The Morgan fingerprint density at radius 1 is 1.25 bits per heavy atom. The molecule has 0 aliphatic carbocycles. The van der Waals surface area contributed by atoms with Crippen LogP contribution in [-0.2, 0) is 18.1 Å². The molecule has 2 rings (SSSR count). The number of hydrogen-bond acceptors (Lipinski definition) is 3. The Morgan fingerprint density at radius 2 is 1.93 bits per heavy atom. The number of rotatable bonds is 5. The van der Waals surface area contributed by atoms with Crippen molar-refractivity contribution in [3.05, 3.63) is 45.8 Å². The van der Waals surface area contributed by atoms with E-state index in [9.17, 15) is 18.0 Å². The first kappa shape index (κ1) is 22.2. The third-order valence-electron chi connectivity index (χ3n) is 4.15. The van der Waals surface area contributed by atoms with Crippen LogP contribution in [0.4, 0.5) is 13.2 Å². The van der Waals surface area contributed by atoms with Gasteiger partial charge in [0.15, 0.2) is 0 Å². The van der Waals surface area contributed by atoms with Crippen LogP contribution in [0.2, 0.25) is 0 Å². The first-order valence-electron chi connectivity index (χ1n) is 9.04. The highest BCUT2D eigenvalue weighted by Crippen LogP contribution is 2.32. The van der Waals surface area contributed by atoms with Crippen molar-refractivity contribution >= 4 is 17.4 Å². The van der Waals surface area contributed by atoms with Gasteiger partial charge in [0.25, 0.3) is 5.91 Å². The van der Waals surface area contributed by atoms with E-state index >= 15 is 0 Å². The number of nitrogens with zero attached hydrogens (tertiary/aromatic N) is 2. The van der Waals surface area contributed by atoms with Crippen LogP contribution in [0.5, 0.6) is 5.75 Å². The molecule has 0 radical (unpaired) electrons. The summed E-state index contributed by atoms with van der Waals surface area (Å²) >= 11 is 1.33. The van der Waals surface area contributed by atoms with E-state index in [1.54, 1.807) is 0 Å². The van der Waals surface area contributed by atoms with E-state index in [0.717, 1.165) is 43.0 Å². The van der Waals surface area contributed by atoms with Crippen LogP contribution in [0.25, 0.3) is 0 Å². The number of ether oxygens (including phenoxy) is 1. The van der Waals surface area contributed by atoms with Gasteiger partial charge in [-0.15, -0.1) is 0 Å². The molecule has 0 fully saturated rings. The number of benzene rings is 1. The zero-order valence-electron chi connectivity index (χ0n) is 16.7. The molecule has 154 valence electrons. The number of hydrogen-bond donors (Lipinski definition) is 0. The van der Waals surface area contributed by atoms with Crippen LogP contribution in [0.3, 0.4) is 0 Å². The third kappa shape index (κ3) is 5.25. The fraction of sp³-hybridized carbons (Fsp3) is 0.500. The van der Waals surface area contributed by atoms with Gasteiger partial charge in [-0.2, -0.15) is 18.2 Å². The summed E-state index contributed by atoms with van der Waals surface area (Å²) in [4.78, 5) is 16.9. The molecule has 0 aliphatic heterocycles. The standard InChI is InChI=1S/C20H25F3N2O2S/c1-6-7-8-13-12-25(19(2,3)4)28-18(13)24-17(26)15-11-14(20(21,22)23)9-10-16(15)27-5/h9-12H,6-8H2,1-5H3/b24-18-. The van der Waals surface area contributed by atoms with Gasteiger partial charge in [0.2, 0.25) is 0 Å². The topological polar surface area (TPSA) is 43.6 Å². The maximum Gasteiger partial charge on any atom is 0.416 e. The number of aromatic nitrogens is 1. The first-order valence-corrected chi connectivity index (χ1v) is 9.81. The Bertz CT molecular complexity index is 905. The molecule has 0 aliphatic rings. The minimum atomic E-state index is -4.55. The van der Waals surface area contributed by atoms with Crippen LogP contribution in [0.1, 0.15) is 62.0 Å². The fourth-order valence-electron chi connectivity index (χ4n) is 2.54. The Morgan fingerprint density at radius 3 is 2.46 bits per heavy atom. The Hall–Kier alpha value is -2.09. The van der Waals surface area contributed by atoms with Crippen molar-refractivity contribution in [2.75, 3.05) is 7.11 Å². The highest BCUT2D eigenvalue weighted by atomic mass is 32.1. The number of unbranched alkanes of at least 4 members (excludes halogenated alkanes) is 1. The predicted molar refractivity (Wildman–Crippen MR) is 104 cm³/mol. The van der Waals surface area contributed by atoms with Gasteiger partial charge in [-0.05, 0) is 63.3 Å². The molecule has 0 saturated heterocycles. The lowest BCUT2D eigenvalue weighted by molar-refractivity contribution is -0.137. The van der Waals surface area contributed by atoms with E-state index < -0.39 is 17.6 Å². The summed E-state index contributed by atoms with van der Waals surface area (Å²) in [7, 11) is 1.31. The number of alkyl halides is 3. The SMILES string of the molecule is CCCCc1cn(C(C)(C)C)s/c1=N\C(=O)c1cc(C(F)(F)F)ccc1OC. The normalized spacial score (nSPS) is 13.1. The summed E-state index contributed by atoms with van der Waals surface area (Å²) in [5.74, 6) is -0.680. The van der Waals surface area contributed by atoms with Gasteiger partial charge in [0, 0.05) is 17.3 Å². The number of aryl methyl sites for hydroxylation is 1. The number of halogens is 3. The van der Waals surface area contributed by atoms with Gasteiger partial charge in [0.1, 0.15) is 10.4 Å². The highest BCUT2D eigenvalue weighted by Gasteiger charge is 2.32. The van der Waals surface area contributed by atoms with E-state index in [0.29, 0.717) is 4.67 Å². The summed E-state index contributed by atoms with van der Waals surface area (Å²) in [6.45, 7) is 8.18. The van der Waals surface area contributed by atoms with E-state index in [1.165, 1.54) is 18.6 Å². The molecular formula is C20H25F3N2O2S. The summed E-state index contributed by atoms with van der Waals surface area (Å²) < 4.78 is 46.7. The van der Waals surface area contributed by atoms with Gasteiger partial charge in [-0.25, -0.2) is 0 Å². The van der Waals surface area contributed by atoms with E-state index in [1.807, 2.05) is 30.9 Å². The third-order valence-corrected chi connectivity index (χ3v) is 5.53. The minimum absolute atomic E-state index is 0.0668. The van der Waals surface area contributed by atoms with Gasteiger partial charge in [-0.1, -0.05) is 13.3 Å². The lowest BCUT2D eigenvalue weighted by Gasteiger charge is -2.19. The summed E-state index contributed by atoms with van der Waals surface area (Å²) in [6, 6.07) is 2.83. The smallest absolute Gasteiger partial charge is 0.416 e. The predicted octanol–water partition coefficient (Wildman–Crippen LogP) is 5.42. The van der Waals surface area contributed by atoms with Crippen molar-refractivity contribution in [1.29, 1.82) is 0 Å². The molecule has 1 aromatic heterocycles. The molecule has 1 aromatic carbocycles. The second-order valence-electron chi connectivity index (χ2n) is 7.48. The first-order chi connectivity index (χ1) is 13.0. The molecule has 1 amide bonds. The number of amides is 1. The molecular weight excluding hydrogens is 389 g/mol. The Balaban J connectivity index is 2.55. The van der Waals surface area contributed by atoms with Crippen molar-refractivity contribution in [1.82, 2.24) is 3.96 Å². The van der Waals surface area contributed by atoms with Gasteiger partial charge in [0.05, 0.1) is 18.2 Å². The number of carbonyl (C=O) groups excluding carboxylic acids is 1. The lowest BCUT2D eigenvalue weighted by Crippen LogP contribution is -2.18. The minimum Gasteiger partial charge on any atom is -0.496 e. The van der Waals surface area contributed by atoms with E-state index in [2.05, 4.69) is 11.9 Å². The molecule has 28 heavy (non-hydrogen) atoms. The fourth-order valence-corrected chi connectivity index (χ4v) is 3.58. The van der Waals surface area contributed by atoms with Crippen molar-refractivity contribution < 1.29 is 22.7 Å². The average molecular weight is 414 g/mol. The van der Waals surface area contributed by atoms with Crippen LogP contribution in [0, 0.1) is 0 Å². The maximum atomic E-state index is 13.0. The van der Waals surface area contributed by atoms with Crippen LogP contribution in [-0.4, -0.2) is 17.0 Å². The number of carbonyl (C=O) groups is 1. The monoisotopic (exact) mass is 414 g/mol. The Labute approximate surface area is 166 Å². The molecule has 0 saturated carbocycles. The summed E-state index contributed by atoms with van der Waals surface area (Å²) in [5.41, 5.74) is -0.374. The molecule has 0 atom stereocenters. The van der Waals surface area contributed by atoms with Crippen molar-refractivity contribution in [2.45, 2.75) is 58.7 Å². The molecule has 0 bridgehead atoms. The largest absolute Gasteiger partial charge is 0.496 e. The van der Waals surface area contributed by atoms with Gasteiger partial charge in [-0.3, -0.25) is 8.75 Å². The molecule has 1 heterocycles. The van der Waals surface area contributed by atoms with Crippen molar-refractivity contribution in [2.24, 2.45) is 4.99 Å². The van der Waals surface area contributed by atoms with Crippen LogP contribution < -0.4 is 9.41 Å². The van der Waals surface area contributed by atoms with Gasteiger partial charge < -0.3 is 4.74 Å². The summed E-state index contributed by atoms with van der Waals surface area (Å²) in [6.07, 6.45) is 0.0914. The van der Waals surface area contributed by atoms with E-state index in [-0.39, 0.29) is 16.9 Å². The number of methoxy groups -OCH3 is 1. The van der Waals surface area contributed by atoms with Gasteiger partial charge >= 0.3 is 6.18 Å². The molecule has 0 unspecified atom stereocenters. The van der Waals surface area contributed by atoms with Crippen LogP contribution in [0.15, 0.2) is 29.4 Å². The zero-order chi connectivity index (χ0) is 21.1. The highest BCUT2D eigenvalue weighted by molar-refractivity contribution is 7.04. The molecule has 8 heteroatoms. The molecule has 4 nitrogen and oxygen atoms in total. The average Bonchev–Trinajstić information content (AvgIpc) is 3.01. The second kappa shape index (κ2) is 8.51. The lowest BCUT2D eigenvalue weighted by atomic mass is 10.1. The Kier molecular flexibility index (Phi) is 6.75. The quantitative estimate of drug-likeness (QED) is 0.656. The van der Waals surface area contributed by atoms with Crippen LogP contribution >= 0.6 is 11.5 Å². The zero-order valence-corrected chi connectivity index (χ0v) is 17.5.